The molecule has 1 aliphatic heterocycles. The molecule has 148 valence electrons. The molecule has 1 saturated heterocycles. The molecule has 0 aliphatic carbocycles. The van der Waals surface area contributed by atoms with Crippen LogP contribution in [0, 0.1) is 5.92 Å². The summed E-state index contributed by atoms with van der Waals surface area (Å²) in [5, 5.41) is 6.81. The Hall–Kier alpha value is -2.08. The first-order valence-electron chi connectivity index (χ1n) is 9.40. The molecule has 28 heavy (non-hydrogen) atoms. The van der Waals surface area contributed by atoms with Crippen LogP contribution in [0.3, 0.4) is 0 Å². The Labute approximate surface area is 175 Å². The Balaban J connectivity index is 1.50. The minimum Gasteiger partial charge on any atom is -0.326 e. The van der Waals surface area contributed by atoms with Crippen molar-refractivity contribution < 1.29 is 14.5 Å². The summed E-state index contributed by atoms with van der Waals surface area (Å²) in [4.78, 5) is 26.2. The third-order valence-electron chi connectivity index (χ3n) is 5.18. The first kappa shape index (κ1) is 20.6. The van der Waals surface area contributed by atoms with Crippen molar-refractivity contribution in [2.24, 2.45) is 5.92 Å². The van der Waals surface area contributed by atoms with E-state index in [-0.39, 0.29) is 23.8 Å². The minimum absolute atomic E-state index is 0.0223. The lowest BCUT2D eigenvalue weighted by Crippen LogP contribution is -3.17. The number of halogens is 2. The molecule has 2 amide bonds. The smallest absolute Gasteiger partial charge is 0.282 e. The van der Waals surface area contributed by atoms with Gasteiger partial charge in [-0.25, -0.2) is 0 Å². The molecule has 2 aromatic rings. The molecule has 0 aromatic heterocycles. The molecular formula is C21H24Cl2N3O2+. The van der Waals surface area contributed by atoms with Crippen molar-refractivity contribution in [3.05, 3.63) is 58.6 Å². The maximum atomic E-state index is 12.6. The fourth-order valence-electron chi connectivity index (χ4n) is 3.51. The van der Waals surface area contributed by atoms with Crippen LogP contribution in [-0.4, -0.2) is 30.9 Å². The van der Waals surface area contributed by atoms with Crippen LogP contribution in [-0.2, 0) is 9.59 Å². The molecule has 3 N–H and O–H groups in total. The Kier molecular flexibility index (Phi) is 6.94. The molecule has 3 rings (SSSR count). The largest absolute Gasteiger partial charge is 0.326 e. The van der Waals surface area contributed by atoms with Crippen LogP contribution in [0.15, 0.2) is 48.5 Å². The van der Waals surface area contributed by atoms with Crippen LogP contribution in [0.4, 0.5) is 11.4 Å². The van der Waals surface area contributed by atoms with Crippen LogP contribution in [0.2, 0.25) is 10.0 Å². The van der Waals surface area contributed by atoms with Crippen molar-refractivity contribution in [2.45, 2.75) is 25.8 Å². The standard InChI is InChI=1S/C21H23Cl2N3O2/c1-14(20(27)25-19-12-16(22)11-17(23)13-19)26-9-7-15(8-10-26)21(28)24-18-5-3-2-4-6-18/h2-6,11-15H,7-10H2,1H3,(H,24,28)(H,25,27)/p+1/t14-/m0/s1. The second-order valence-electron chi connectivity index (χ2n) is 7.16. The van der Waals surface area contributed by atoms with E-state index in [2.05, 4.69) is 10.6 Å². The van der Waals surface area contributed by atoms with Crippen molar-refractivity contribution >= 4 is 46.4 Å². The molecule has 2 aromatic carbocycles. The number of piperidine rings is 1. The Morgan fingerprint density at radius 3 is 2.18 bits per heavy atom. The van der Waals surface area contributed by atoms with E-state index >= 15 is 0 Å². The summed E-state index contributed by atoms with van der Waals surface area (Å²) in [6.07, 6.45) is 1.52. The number of hydrogen-bond donors (Lipinski definition) is 3. The zero-order valence-corrected chi connectivity index (χ0v) is 17.2. The number of amides is 2. The van der Waals surface area contributed by atoms with Gasteiger partial charge in [-0.1, -0.05) is 41.4 Å². The van der Waals surface area contributed by atoms with Crippen LogP contribution in [0.25, 0.3) is 0 Å². The highest BCUT2D eigenvalue weighted by Gasteiger charge is 2.33. The fraction of sp³-hybridized carbons (Fsp3) is 0.333. The highest BCUT2D eigenvalue weighted by atomic mass is 35.5. The van der Waals surface area contributed by atoms with Gasteiger partial charge in [-0.3, -0.25) is 9.59 Å². The summed E-state index contributed by atoms with van der Waals surface area (Å²) in [6, 6.07) is 14.2. The highest BCUT2D eigenvalue weighted by molar-refractivity contribution is 6.35. The zero-order valence-electron chi connectivity index (χ0n) is 15.7. The number of anilines is 2. The number of para-hydroxylation sites is 1. The first-order valence-corrected chi connectivity index (χ1v) is 10.2. The average Bonchev–Trinajstić information content (AvgIpc) is 2.67. The average molecular weight is 421 g/mol. The van der Waals surface area contributed by atoms with Gasteiger partial charge in [0.2, 0.25) is 5.91 Å². The summed E-state index contributed by atoms with van der Waals surface area (Å²) in [7, 11) is 0. The van der Waals surface area contributed by atoms with Crippen molar-refractivity contribution in [1.82, 2.24) is 0 Å². The summed E-state index contributed by atoms with van der Waals surface area (Å²) in [5.74, 6) is -0.0533. The molecule has 1 fully saturated rings. The third-order valence-corrected chi connectivity index (χ3v) is 5.61. The molecule has 1 heterocycles. The third kappa shape index (κ3) is 5.47. The van der Waals surface area contributed by atoms with Gasteiger partial charge in [0.05, 0.1) is 13.1 Å². The second kappa shape index (κ2) is 9.41. The molecule has 7 heteroatoms. The number of benzene rings is 2. The maximum Gasteiger partial charge on any atom is 0.282 e. The van der Waals surface area contributed by atoms with Gasteiger partial charge in [-0.05, 0) is 37.3 Å². The number of hydrogen-bond acceptors (Lipinski definition) is 2. The number of carbonyl (C=O) groups excluding carboxylic acids is 2. The normalized spacial score (nSPS) is 20.2. The Morgan fingerprint density at radius 2 is 1.57 bits per heavy atom. The van der Waals surface area contributed by atoms with Crippen LogP contribution in [0.5, 0.6) is 0 Å². The van der Waals surface area contributed by atoms with Gasteiger partial charge in [0.15, 0.2) is 6.04 Å². The molecule has 0 spiro atoms. The molecular weight excluding hydrogens is 397 g/mol. The molecule has 0 saturated carbocycles. The fourth-order valence-corrected chi connectivity index (χ4v) is 4.04. The summed E-state index contributed by atoms with van der Waals surface area (Å²) < 4.78 is 0. The minimum atomic E-state index is -0.226. The monoisotopic (exact) mass is 420 g/mol. The lowest BCUT2D eigenvalue weighted by Gasteiger charge is -2.32. The van der Waals surface area contributed by atoms with Crippen molar-refractivity contribution in [3.8, 4) is 0 Å². The number of nitrogens with one attached hydrogen (secondary N) is 3. The van der Waals surface area contributed by atoms with E-state index in [1.165, 1.54) is 4.90 Å². The number of rotatable bonds is 5. The quantitative estimate of drug-likeness (QED) is 0.694. The number of quaternary nitrogens is 1. The van der Waals surface area contributed by atoms with Gasteiger partial charge >= 0.3 is 0 Å². The van der Waals surface area contributed by atoms with E-state index in [9.17, 15) is 9.59 Å². The van der Waals surface area contributed by atoms with Gasteiger partial charge in [-0.2, -0.15) is 0 Å². The van der Waals surface area contributed by atoms with Gasteiger partial charge in [-0.15, -0.1) is 0 Å². The maximum absolute atomic E-state index is 12.6. The summed E-state index contributed by atoms with van der Waals surface area (Å²) in [6.45, 7) is 3.46. The predicted octanol–water partition coefficient (Wildman–Crippen LogP) is 3.25. The van der Waals surface area contributed by atoms with Crippen molar-refractivity contribution in [2.75, 3.05) is 23.7 Å². The Bertz CT molecular complexity index is 817. The highest BCUT2D eigenvalue weighted by Crippen LogP contribution is 2.22. The topological polar surface area (TPSA) is 62.6 Å². The van der Waals surface area contributed by atoms with E-state index in [4.69, 9.17) is 23.2 Å². The molecule has 5 nitrogen and oxygen atoms in total. The molecule has 1 atom stereocenters. The van der Waals surface area contributed by atoms with E-state index in [0.717, 1.165) is 31.6 Å². The number of carbonyl (C=O) groups is 2. The van der Waals surface area contributed by atoms with Gasteiger partial charge in [0, 0.05) is 40.2 Å². The van der Waals surface area contributed by atoms with Gasteiger partial charge in [0.1, 0.15) is 0 Å². The van der Waals surface area contributed by atoms with Crippen LogP contribution in [0.1, 0.15) is 19.8 Å². The Morgan fingerprint density at radius 1 is 0.964 bits per heavy atom. The van der Waals surface area contributed by atoms with Gasteiger partial charge in [0.25, 0.3) is 5.91 Å². The van der Waals surface area contributed by atoms with E-state index in [0.29, 0.717) is 15.7 Å². The summed E-state index contributed by atoms with van der Waals surface area (Å²) >= 11 is 12.0. The van der Waals surface area contributed by atoms with E-state index < -0.39 is 0 Å². The summed E-state index contributed by atoms with van der Waals surface area (Å²) in [5.41, 5.74) is 1.40. The van der Waals surface area contributed by atoms with Crippen molar-refractivity contribution in [3.63, 3.8) is 0 Å². The van der Waals surface area contributed by atoms with E-state index in [1.807, 2.05) is 37.3 Å². The number of likely N-dealkylation sites (tertiary alicyclic amines) is 1. The van der Waals surface area contributed by atoms with Crippen molar-refractivity contribution in [1.29, 1.82) is 0 Å². The molecule has 0 bridgehead atoms. The van der Waals surface area contributed by atoms with Crippen LogP contribution < -0.4 is 15.5 Å². The molecule has 1 aliphatic rings. The van der Waals surface area contributed by atoms with Crippen LogP contribution >= 0.6 is 23.2 Å². The zero-order chi connectivity index (χ0) is 20.1. The lowest BCUT2D eigenvalue weighted by molar-refractivity contribution is -0.919. The molecule has 0 radical (unpaired) electrons. The SMILES string of the molecule is C[C@@H](C(=O)Nc1cc(Cl)cc(Cl)c1)[NH+]1CCC(C(=O)Nc2ccccc2)CC1. The van der Waals surface area contributed by atoms with Gasteiger partial charge < -0.3 is 15.5 Å². The molecule has 0 unspecified atom stereocenters. The predicted molar refractivity (Wildman–Crippen MR) is 113 cm³/mol. The second-order valence-corrected chi connectivity index (χ2v) is 8.03. The first-order chi connectivity index (χ1) is 13.4. The van der Waals surface area contributed by atoms with E-state index in [1.54, 1.807) is 18.2 Å². The lowest BCUT2D eigenvalue weighted by atomic mass is 9.94.